The number of hydrogen-bond donors (Lipinski definition) is 4. The first kappa shape index (κ1) is 40.4. The Hall–Kier alpha value is -5.41. The summed E-state index contributed by atoms with van der Waals surface area (Å²) >= 11 is 0. The maximum atomic E-state index is 13.8. The number of anilines is 1. The molecular weight excluding hydrogens is 767 g/mol. The fraction of sp³-hybridized carbons (Fsp3) is 0.304. The summed E-state index contributed by atoms with van der Waals surface area (Å²) in [6.45, 7) is 4.16. The molecule has 4 unspecified atom stereocenters. The van der Waals surface area contributed by atoms with Crippen molar-refractivity contribution in [2.75, 3.05) is 25.0 Å². The topological polar surface area (TPSA) is 155 Å². The van der Waals surface area contributed by atoms with Gasteiger partial charge >= 0.3 is 5.69 Å². The van der Waals surface area contributed by atoms with Crippen LogP contribution in [0.15, 0.2) is 137 Å². The standard InChI is InChI=1S/C46H49N5O7S/c1-31-11-21-39(22-12-31)59(55,56)49-41(27-32-7-3-2-4-8-32)44(53)47-36-19-17-35(18-20-36)45-57-38(28-43(58-45)34-15-13-33(30-52)14-16-34)29-50-25-23-37(24-26-50)51-42-10-6-5-9-40(42)48-46(51)54/h2-22,37-38,41,43,45,49,52H,23-30H2,1H3,(H,47,53)(H,48,54). The number of ether oxygens (including phenoxy) is 2. The van der Waals surface area contributed by atoms with E-state index in [4.69, 9.17) is 9.47 Å². The van der Waals surface area contributed by atoms with Gasteiger partial charge in [0.05, 0.1) is 34.7 Å². The number of fused-ring (bicyclic) bond motifs is 1. The number of amides is 1. The van der Waals surface area contributed by atoms with Crippen molar-refractivity contribution in [2.24, 2.45) is 0 Å². The SMILES string of the molecule is Cc1ccc(S(=O)(=O)NC(Cc2ccccc2)C(=O)Nc2ccc(C3OC(CN4CCC(n5c(=O)[nH]c6ccccc65)CC4)CC(c4ccc(CO)cc4)O3)cc2)cc1. The summed E-state index contributed by atoms with van der Waals surface area (Å²) in [4.78, 5) is 32.1. The van der Waals surface area contributed by atoms with Crippen LogP contribution in [-0.2, 0) is 37.3 Å². The molecule has 1 aromatic heterocycles. The Labute approximate surface area is 343 Å². The summed E-state index contributed by atoms with van der Waals surface area (Å²) in [5.41, 5.74) is 6.51. The Kier molecular flexibility index (Phi) is 12.2. The number of carbonyl (C=O) groups is 1. The number of rotatable bonds is 13. The van der Waals surface area contributed by atoms with Gasteiger partial charge in [0.15, 0.2) is 6.29 Å². The van der Waals surface area contributed by atoms with Crippen LogP contribution in [0.1, 0.15) is 65.5 Å². The highest BCUT2D eigenvalue weighted by molar-refractivity contribution is 7.89. The number of hydrogen-bond acceptors (Lipinski definition) is 8. The van der Waals surface area contributed by atoms with Crippen LogP contribution >= 0.6 is 0 Å². The van der Waals surface area contributed by atoms with Crippen molar-refractivity contribution in [3.05, 3.63) is 166 Å². The van der Waals surface area contributed by atoms with E-state index in [1.807, 2.05) is 102 Å². The molecule has 12 nitrogen and oxygen atoms in total. The van der Waals surface area contributed by atoms with Crippen LogP contribution in [0.3, 0.4) is 0 Å². The molecule has 2 aliphatic rings. The monoisotopic (exact) mass is 815 g/mol. The number of H-pyrrole nitrogens is 1. The van der Waals surface area contributed by atoms with E-state index in [2.05, 4.69) is 19.9 Å². The normalized spacial score (nSPS) is 19.7. The lowest BCUT2D eigenvalue weighted by molar-refractivity contribution is -0.253. The quantitative estimate of drug-likeness (QED) is 0.103. The molecule has 4 N–H and O–H groups in total. The van der Waals surface area contributed by atoms with Crippen LogP contribution in [-0.4, -0.2) is 65.7 Å². The lowest BCUT2D eigenvalue weighted by Crippen LogP contribution is -2.45. The van der Waals surface area contributed by atoms with Crippen LogP contribution in [0.4, 0.5) is 5.69 Å². The second kappa shape index (κ2) is 17.8. The summed E-state index contributed by atoms with van der Waals surface area (Å²) in [5, 5.41) is 12.6. The number of aryl methyl sites for hydroxylation is 1. The molecule has 2 fully saturated rings. The number of imidazole rings is 1. The zero-order chi connectivity index (χ0) is 40.9. The van der Waals surface area contributed by atoms with Crippen molar-refractivity contribution in [1.29, 1.82) is 0 Å². The summed E-state index contributed by atoms with van der Waals surface area (Å²) < 4.78 is 44.6. The average Bonchev–Trinajstić information content (AvgIpc) is 3.60. The Morgan fingerprint density at radius 2 is 1.51 bits per heavy atom. The molecule has 2 aliphatic heterocycles. The molecule has 3 heterocycles. The number of carbonyl (C=O) groups excluding carboxylic acids is 1. The number of benzene rings is 5. The van der Waals surface area contributed by atoms with Gasteiger partial charge in [0, 0.05) is 43.3 Å². The molecule has 13 heteroatoms. The van der Waals surface area contributed by atoms with E-state index in [0.717, 1.165) is 64.8 Å². The lowest BCUT2D eigenvalue weighted by atomic mass is 9.98. The Morgan fingerprint density at radius 1 is 0.831 bits per heavy atom. The van der Waals surface area contributed by atoms with Crippen molar-refractivity contribution >= 4 is 32.7 Å². The van der Waals surface area contributed by atoms with E-state index >= 15 is 0 Å². The predicted molar refractivity (Wildman–Crippen MR) is 226 cm³/mol. The molecule has 8 rings (SSSR count). The van der Waals surface area contributed by atoms with Gasteiger partial charge in [0.25, 0.3) is 0 Å². The van der Waals surface area contributed by atoms with Crippen molar-refractivity contribution < 1.29 is 27.8 Å². The van der Waals surface area contributed by atoms with Gasteiger partial charge in [-0.3, -0.25) is 9.36 Å². The van der Waals surface area contributed by atoms with E-state index in [-0.39, 0.29) is 41.9 Å². The molecule has 5 aromatic carbocycles. The number of nitrogens with zero attached hydrogens (tertiary/aromatic N) is 2. The van der Waals surface area contributed by atoms with E-state index in [1.165, 1.54) is 12.1 Å². The van der Waals surface area contributed by atoms with Gasteiger partial charge in [-0.25, -0.2) is 13.2 Å². The van der Waals surface area contributed by atoms with Gasteiger partial charge in [-0.2, -0.15) is 4.72 Å². The van der Waals surface area contributed by atoms with Crippen molar-refractivity contribution in [3.8, 4) is 0 Å². The highest BCUT2D eigenvalue weighted by atomic mass is 32.2. The highest BCUT2D eigenvalue weighted by Gasteiger charge is 2.35. The first-order valence-corrected chi connectivity index (χ1v) is 21.6. The number of sulfonamides is 1. The van der Waals surface area contributed by atoms with E-state index in [1.54, 1.807) is 24.3 Å². The number of aromatic amines is 1. The zero-order valence-electron chi connectivity index (χ0n) is 32.9. The molecule has 2 saturated heterocycles. The summed E-state index contributed by atoms with van der Waals surface area (Å²) in [5.74, 6) is -0.493. The van der Waals surface area contributed by atoms with Gasteiger partial charge in [0.2, 0.25) is 15.9 Å². The highest BCUT2D eigenvalue weighted by Crippen LogP contribution is 2.39. The maximum absolute atomic E-state index is 13.8. The molecule has 4 atom stereocenters. The molecule has 306 valence electrons. The van der Waals surface area contributed by atoms with Crippen LogP contribution in [0.2, 0.25) is 0 Å². The number of aliphatic hydroxyl groups is 1. The largest absolute Gasteiger partial charge is 0.392 e. The van der Waals surface area contributed by atoms with Crippen LogP contribution in [0.25, 0.3) is 11.0 Å². The van der Waals surface area contributed by atoms with Crippen molar-refractivity contribution in [3.63, 3.8) is 0 Å². The first-order valence-electron chi connectivity index (χ1n) is 20.1. The van der Waals surface area contributed by atoms with E-state index in [0.29, 0.717) is 18.7 Å². The third-order valence-electron chi connectivity index (χ3n) is 11.3. The Morgan fingerprint density at radius 3 is 2.22 bits per heavy atom. The third-order valence-corrected chi connectivity index (χ3v) is 12.8. The molecule has 1 amide bonds. The summed E-state index contributed by atoms with van der Waals surface area (Å²) in [6, 6.07) is 37.6. The number of likely N-dealkylation sites (tertiary alicyclic amines) is 1. The van der Waals surface area contributed by atoms with Crippen molar-refractivity contribution in [2.45, 2.75) is 74.7 Å². The van der Waals surface area contributed by atoms with Gasteiger partial charge in [0.1, 0.15) is 6.04 Å². The number of piperidine rings is 1. The fourth-order valence-corrected chi connectivity index (χ4v) is 9.28. The van der Waals surface area contributed by atoms with Crippen molar-refractivity contribution in [1.82, 2.24) is 19.2 Å². The molecule has 6 aromatic rings. The third kappa shape index (κ3) is 9.57. The van der Waals surface area contributed by atoms with Gasteiger partial charge in [-0.05, 0) is 79.3 Å². The number of para-hydroxylation sites is 2. The summed E-state index contributed by atoms with van der Waals surface area (Å²) in [7, 11) is -4.00. The minimum absolute atomic E-state index is 0.0463. The van der Waals surface area contributed by atoms with Crippen LogP contribution < -0.4 is 15.7 Å². The zero-order valence-corrected chi connectivity index (χ0v) is 33.7. The minimum Gasteiger partial charge on any atom is -0.392 e. The second-order valence-electron chi connectivity index (χ2n) is 15.5. The van der Waals surface area contributed by atoms with Gasteiger partial charge in [-0.1, -0.05) is 96.6 Å². The van der Waals surface area contributed by atoms with Crippen LogP contribution in [0.5, 0.6) is 0 Å². The molecule has 0 radical (unpaired) electrons. The van der Waals surface area contributed by atoms with Crippen LogP contribution in [0, 0.1) is 6.92 Å². The Bertz CT molecular complexity index is 2520. The molecular formula is C46H49N5O7S. The molecule has 0 saturated carbocycles. The molecule has 0 spiro atoms. The molecule has 59 heavy (non-hydrogen) atoms. The Balaban J connectivity index is 0.961. The number of aliphatic hydroxyl groups excluding tert-OH is 1. The number of aromatic nitrogens is 2. The minimum atomic E-state index is -4.00. The maximum Gasteiger partial charge on any atom is 0.326 e. The summed E-state index contributed by atoms with van der Waals surface area (Å²) in [6.07, 6.45) is 1.33. The average molecular weight is 816 g/mol. The fourth-order valence-electron chi connectivity index (χ4n) is 8.08. The smallest absolute Gasteiger partial charge is 0.326 e. The predicted octanol–water partition coefficient (Wildman–Crippen LogP) is 6.54. The van der Waals surface area contributed by atoms with E-state index < -0.39 is 28.3 Å². The first-order chi connectivity index (χ1) is 28.6. The number of nitrogens with one attached hydrogen (secondary N) is 3. The molecule has 0 aliphatic carbocycles. The molecule has 0 bridgehead atoms. The van der Waals surface area contributed by atoms with Gasteiger partial charge in [-0.15, -0.1) is 0 Å². The second-order valence-corrected chi connectivity index (χ2v) is 17.2. The van der Waals surface area contributed by atoms with E-state index in [9.17, 15) is 23.1 Å². The lowest BCUT2D eigenvalue weighted by Gasteiger charge is -2.40. The van der Waals surface area contributed by atoms with Gasteiger partial charge < -0.3 is 29.8 Å².